The summed E-state index contributed by atoms with van der Waals surface area (Å²) in [6.45, 7) is 3.78. The highest BCUT2D eigenvalue weighted by atomic mass is 32.2. The molecule has 0 spiro atoms. The second-order valence-electron chi connectivity index (χ2n) is 4.42. The third-order valence-electron chi connectivity index (χ3n) is 3.12. The summed E-state index contributed by atoms with van der Waals surface area (Å²) in [6, 6.07) is 8.31. The van der Waals surface area contributed by atoms with Gasteiger partial charge in [-0.3, -0.25) is 0 Å². The molecule has 1 N–H and O–H groups in total. The predicted molar refractivity (Wildman–Crippen MR) is 71.4 cm³/mol. The zero-order valence-electron chi connectivity index (χ0n) is 10.3. The molecule has 1 aromatic carbocycles. The molecule has 3 heteroatoms. The first-order valence-electron chi connectivity index (χ1n) is 6.32. The molecule has 17 heavy (non-hydrogen) atoms. The van der Waals surface area contributed by atoms with E-state index in [1.54, 1.807) is 0 Å². The molecule has 0 amide bonds. The van der Waals surface area contributed by atoms with Gasteiger partial charge in [0.2, 0.25) is 0 Å². The molecule has 94 valence electrons. The van der Waals surface area contributed by atoms with Crippen LogP contribution in [0.1, 0.15) is 37.9 Å². The van der Waals surface area contributed by atoms with E-state index in [-0.39, 0.29) is 6.10 Å². The first-order valence-corrected chi connectivity index (χ1v) is 7.20. The summed E-state index contributed by atoms with van der Waals surface area (Å²) in [6.07, 6.45) is 2.73. The van der Waals surface area contributed by atoms with Crippen LogP contribution in [0.5, 0.6) is 0 Å². The van der Waals surface area contributed by atoms with Gasteiger partial charge in [-0.25, -0.2) is 0 Å². The van der Waals surface area contributed by atoms with Gasteiger partial charge in [-0.1, -0.05) is 19.1 Å². The molecule has 0 saturated carbocycles. The summed E-state index contributed by atoms with van der Waals surface area (Å²) < 4.78 is 5.36. The Morgan fingerprint density at radius 1 is 1.29 bits per heavy atom. The minimum Gasteiger partial charge on any atom is -0.388 e. The zero-order chi connectivity index (χ0) is 12.1. The van der Waals surface area contributed by atoms with E-state index in [0.29, 0.717) is 5.25 Å². The van der Waals surface area contributed by atoms with Gasteiger partial charge in [-0.2, -0.15) is 0 Å². The van der Waals surface area contributed by atoms with Crippen molar-refractivity contribution in [3.63, 3.8) is 0 Å². The average Bonchev–Trinajstić information content (AvgIpc) is 2.40. The van der Waals surface area contributed by atoms with Crippen LogP contribution in [0.25, 0.3) is 0 Å². The molecule has 0 bridgehead atoms. The van der Waals surface area contributed by atoms with Crippen molar-refractivity contribution in [2.24, 2.45) is 0 Å². The number of ether oxygens (including phenoxy) is 1. The van der Waals surface area contributed by atoms with E-state index < -0.39 is 0 Å². The zero-order valence-corrected chi connectivity index (χ0v) is 11.1. The highest BCUT2D eigenvalue weighted by Gasteiger charge is 2.15. The molecular formula is C14H20O2S. The van der Waals surface area contributed by atoms with Crippen molar-refractivity contribution in [3.8, 4) is 0 Å². The first kappa shape index (κ1) is 12.9. The van der Waals surface area contributed by atoms with Crippen LogP contribution in [-0.2, 0) is 4.74 Å². The molecular weight excluding hydrogens is 232 g/mol. The van der Waals surface area contributed by atoms with Gasteiger partial charge in [0.1, 0.15) is 0 Å². The van der Waals surface area contributed by atoms with Crippen LogP contribution in [0.2, 0.25) is 0 Å². The van der Waals surface area contributed by atoms with E-state index in [9.17, 15) is 5.11 Å². The fraction of sp³-hybridized carbons (Fsp3) is 0.571. The fourth-order valence-corrected chi connectivity index (χ4v) is 3.10. The van der Waals surface area contributed by atoms with Gasteiger partial charge in [-0.15, -0.1) is 11.8 Å². The van der Waals surface area contributed by atoms with Crippen molar-refractivity contribution >= 4 is 11.8 Å². The number of aliphatic hydroxyl groups is 1. The molecule has 1 fully saturated rings. The summed E-state index contributed by atoms with van der Waals surface area (Å²) in [7, 11) is 0. The van der Waals surface area contributed by atoms with Crippen LogP contribution in [0.4, 0.5) is 0 Å². The second kappa shape index (κ2) is 6.43. The van der Waals surface area contributed by atoms with Crippen LogP contribution in [0, 0.1) is 0 Å². The van der Waals surface area contributed by atoms with Crippen molar-refractivity contribution < 1.29 is 9.84 Å². The lowest BCUT2D eigenvalue weighted by Gasteiger charge is -2.21. The molecule has 1 aromatic rings. The Morgan fingerprint density at radius 3 is 2.53 bits per heavy atom. The third-order valence-corrected chi connectivity index (χ3v) is 4.47. The number of aliphatic hydroxyl groups excluding tert-OH is 1. The molecule has 1 heterocycles. The minimum atomic E-state index is -0.322. The van der Waals surface area contributed by atoms with Crippen LogP contribution in [0.3, 0.4) is 0 Å². The SMILES string of the molecule is CC[C@@H](O)c1ccc(SC2CCOCC2)cc1. The maximum absolute atomic E-state index is 9.72. The fourth-order valence-electron chi connectivity index (χ4n) is 1.99. The van der Waals surface area contributed by atoms with Crippen LogP contribution in [-0.4, -0.2) is 23.6 Å². The van der Waals surface area contributed by atoms with Gasteiger partial charge in [0.15, 0.2) is 0 Å². The summed E-state index contributed by atoms with van der Waals surface area (Å²) in [4.78, 5) is 1.30. The standard InChI is InChI=1S/C14H20O2S/c1-2-14(15)11-3-5-12(6-4-11)17-13-7-9-16-10-8-13/h3-6,13-15H,2,7-10H2,1H3/t14-/m1/s1. The number of benzene rings is 1. The third kappa shape index (κ3) is 3.73. The Balaban J connectivity index is 1.93. The molecule has 1 saturated heterocycles. The van der Waals surface area contributed by atoms with Gasteiger partial charge in [0.25, 0.3) is 0 Å². The summed E-state index contributed by atoms with van der Waals surface area (Å²) >= 11 is 1.93. The average molecular weight is 252 g/mol. The Labute approximate surface area is 107 Å². The highest BCUT2D eigenvalue weighted by Crippen LogP contribution is 2.30. The summed E-state index contributed by atoms with van der Waals surface area (Å²) in [5.41, 5.74) is 1.02. The van der Waals surface area contributed by atoms with Gasteiger partial charge in [-0.05, 0) is 37.0 Å². The lowest BCUT2D eigenvalue weighted by molar-refractivity contribution is 0.100. The molecule has 1 atom stereocenters. The first-order chi connectivity index (χ1) is 8.29. The van der Waals surface area contributed by atoms with E-state index >= 15 is 0 Å². The van der Waals surface area contributed by atoms with Crippen molar-refractivity contribution in [3.05, 3.63) is 29.8 Å². The lowest BCUT2D eigenvalue weighted by atomic mass is 10.1. The smallest absolute Gasteiger partial charge is 0.0787 e. The van der Waals surface area contributed by atoms with Crippen LogP contribution < -0.4 is 0 Å². The maximum Gasteiger partial charge on any atom is 0.0787 e. The van der Waals surface area contributed by atoms with Gasteiger partial charge >= 0.3 is 0 Å². The molecule has 2 rings (SSSR count). The number of hydrogen-bond acceptors (Lipinski definition) is 3. The van der Waals surface area contributed by atoms with Crippen molar-refractivity contribution in [2.45, 2.75) is 42.4 Å². The number of rotatable bonds is 4. The maximum atomic E-state index is 9.72. The molecule has 0 unspecified atom stereocenters. The normalized spacial score (nSPS) is 19.2. The van der Waals surface area contributed by atoms with Crippen molar-refractivity contribution in [1.29, 1.82) is 0 Å². The molecule has 0 radical (unpaired) electrons. The van der Waals surface area contributed by atoms with Gasteiger partial charge in [0, 0.05) is 23.4 Å². The second-order valence-corrected chi connectivity index (χ2v) is 5.80. The Kier molecular flexibility index (Phi) is 4.89. The highest BCUT2D eigenvalue weighted by molar-refractivity contribution is 8.00. The van der Waals surface area contributed by atoms with Crippen LogP contribution >= 0.6 is 11.8 Å². The Hall–Kier alpha value is -0.510. The molecule has 0 aromatic heterocycles. The predicted octanol–water partition coefficient (Wildman–Crippen LogP) is 3.40. The monoisotopic (exact) mass is 252 g/mol. The lowest BCUT2D eigenvalue weighted by Crippen LogP contribution is -2.17. The van der Waals surface area contributed by atoms with E-state index in [1.165, 1.54) is 4.90 Å². The quantitative estimate of drug-likeness (QED) is 0.890. The number of hydrogen-bond donors (Lipinski definition) is 1. The van der Waals surface area contributed by atoms with Gasteiger partial charge in [0.05, 0.1) is 6.10 Å². The largest absolute Gasteiger partial charge is 0.388 e. The van der Waals surface area contributed by atoms with E-state index in [1.807, 2.05) is 30.8 Å². The Morgan fingerprint density at radius 2 is 1.94 bits per heavy atom. The van der Waals surface area contributed by atoms with E-state index in [2.05, 4.69) is 12.1 Å². The number of thioether (sulfide) groups is 1. The van der Waals surface area contributed by atoms with Gasteiger partial charge < -0.3 is 9.84 Å². The van der Waals surface area contributed by atoms with E-state index in [0.717, 1.165) is 38.0 Å². The Bertz CT molecular complexity index is 331. The summed E-state index contributed by atoms with van der Waals surface area (Å²) in [5, 5.41) is 10.4. The van der Waals surface area contributed by atoms with Crippen molar-refractivity contribution in [2.75, 3.05) is 13.2 Å². The minimum absolute atomic E-state index is 0.322. The molecule has 1 aliphatic rings. The molecule has 2 nitrogen and oxygen atoms in total. The topological polar surface area (TPSA) is 29.5 Å². The van der Waals surface area contributed by atoms with Crippen molar-refractivity contribution in [1.82, 2.24) is 0 Å². The van der Waals surface area contributed by atoms with Crippen LogP contribution in [0.15, 0.2) is 29.2 Å². The molecule has 0 aliphatic carbocycles. The summed E-state index contributed by atoms with van der Waals surface area (Å²) in [5.74, 6) is 0. The van der Waals surface area contributed by atoms with E-state index in [4.69, 9.17) is 4.74 Å². The molecule has 1 aliphatic heterocycles.